The second-order valence-corrected chi connectivity index (χ2v) is 18.0. The molecule has 0 N–H and O–H groups in total. The Morgan fingerprint density at radius 3 is 1.60 bits per heavy atom. The molecule has 3 heteroatoms. The van der Waals surface area contributed by atoms with Crippen molar-refractivity contribution in [1.82, 2.24) is 4.57 Å². The minimum Gasteiger partial charge on any atom is -0.310 e. The van der Waals surface area contributed by atoms with Crippen LogP contribution in [0.3, 0.4) is 0 Å². The molecule has 0 bridgehead atoms. The van der Waals surface area contributed by atoms with Gasteiger partial charge in [-0.25, -0.2) is 0 Å². The molecule has 0 spiro atoms. The van der Waals surface area contributed by atoms with Gasteiger partial charge in [0.1, 0.15) is 0 Å². The van der Waals surface area contributed by atoms with E-state index in [2.05, 4.69) is 252 Å². The molecule has 0 saturated heterocycles. The summed E-state index contributed by atoms with van der Waals surface area (Å²) < 4.78 is 5.01. The first-order valence-electron chi connectivity index (χ1n) is 22.2. The van der Waals surface area contributed by atoms with Gasteiger partial charge in [0.15, 0.2) is 0 Å². The van der Waals surface area contributed by atoms with Crippen LogP contribution in [-0.4, -0.2) is 4.57 Å². The molecule has 0 radical (unpaired) electrons. The molecule has 65 heavy (non-hydrogen) atoms. The van der Waals surface area contributed by atoms with Gasteiger partial charge in [-0.15, -0.1) is 11.3 Å². The molecule has 0 aliphatic rings. The first-order chi connectivity index (χ1) is 32.2. The molecule has 0 aliphatic heterocycles. The van der Waals surface area contributed by atoms with Crippen molar-refractivity contribution < 1.29 is 0 Å². The van der Waals surface area contributed by atoms with Crippen molar-refractivity contribution in [3.8, 4) is 39.1 Å². The molecule has 13 aromatic rings. The van der Waals surface area contributed by atoms with E-state index in [0.717, 1.165) is 17.1 Å². The van der Waals surface area contributed by atoms with E-state index in [1.165, 1.54) is 103 Å². The van der Waals surface area contributed by atoms with E-state index in [4.69, 9.17) is 0 Å². The third kappa shape index (κ3) is 6.24. The van der Waals surface area contributed by atoms with E-state index >= 15 is 0 Å². The number of benzene rings is 11. The molecule has 2 aromatic heterocycles. The van der Waals surface area contributed by atoms with Crippen molar-refractivity contribution >= 4 is 91.9 Å². The molecule has 0 unspecified atom stereocenters. The molecule has 0 saturated carbocycles. The van der Waals surface area contributed by atoms with Crippen LogP contribution in [0.15, 0.2) is 243 Å². The first kappa shape index (κ1) is 37.3. The molecule has 2 heterocycles. The lowest BCUT2D eigenvalue weighted by Crippen LogP contribution is -2.09. The zero-order chi connectivity index (χ0) is 42.8. The molecule has 13 rings (SSSR count). The molecule has 0 atom stereocenters. The van der Waals surface area contributed by atoms with Crippen LogP contribution in [-0.2, 0) is 0 Å². The minimum atomic E-state index is 1.10. The second-order valence-electron chi connectivity index (χ2n) is 16.9. The van der Waals surface area contributed by atoms with Gasteiger partial charge in [-0.05, 0) is 122 Å². The molecular weight excluding hydrogens is 805 g/mol. The van der Waals surface area contributed by atoms with Crippen LogP contribution in [0.4, 0.5) is 17.1 Å². The number of hydrogen-bond donors (Lipinski definition) is 0. The Hall–Kier alpha value is -8.24. The Kier molecular flexibility index (Phi) is 8.75. The summed E-state index contributed by atoms with van der Waals surface area (Å²) in [6, 6.07) is 88.9. The lowest BCUT2D eigenvalue weighted by atomic mass is 9.93. The number of nitrogens with zero attached hydrogens (tertiary/aromatic N) is 2. The maximum atomic E-state index is 2.42. The predicted molar refractivity (Wildman–Crippen MR) is 280 cm³/mol. The van der Waals surface area contributed by atoms with Crippen molar-refractivity contribution in [2.75, 3.05) is 4.90 Å². The highest BCUT2D eigenvalue weighted by molar-refractivity contribution is 7.25. The zero-order valence-corrected chi connectivity index (χ0v) is 36.2. The Balaban J connectivity index is 0.898. The SMILES string of the molecule is c1cc(-c2ccc(N(c3ccc(-c4cc5ccccc5c5ccccc45)cc3)c3ccc4c(c3)sc3ccccc34)cc2)cc(-c2ccccc2-n2c3ccccc3c3ccccc32)c1. The van der Waals surface area contributed by atoms with E-state index < -0.39 is 0 Å². The molecule has 0 aliphatic carbocycles. The number of para-hydroxylation sites is 3. The average Bonchev–Trinajstić information content (AvgIpc) is 3.92. The van der Waals surface area contributed by atoms with Gasteiger partial charge in [0.25, 0.3) is 0 Å². The Labute approximate surface area is 381 Å². The summed E-state index contributed by atoms with van der Waals surface area (Å²) in [6.45, 7) is 0. The van der Waals surface area contributed by atoms with Crippen LogP contribution >= 0.6 is 11.3 Å². The fourth-order valence-corrected chi connectivity index (χ4v) is 11.3. The topological polar surface area (TPSA) is 8.17 Å². The van der Waals surface area contributed by atoms with E-state index in [1.807, 2.05) is 11.3 Å². The van der Waals surface area contributed by atoms with Gasteiger partial charge >= 0.3 is 0 Å². The van der Waals surface area contributed by atoms with Crippen LogP contribution in [0.1, 0.15) is 0 Å². The first-order valence-corrected chi connectivity index (χ1v) is 23.1. The Bertz CT molecular complexity index is 3900. The van der Waals surface area contributed by atoms with Crippen LogP contribution in [0.5, 0.6) is 0 Å². The van der Waals surface area contributed by atoms with Crippen LogP contribution in [0.2, 0.25) is 0 Å². The summed E-state index contributed by atoms with van der Waals surface area (Å²) in [6.07, 6.45) is 0. The summed E-state index contributed by atoms with van der Waals surface area (Å²) in [4.78, 5) is 2.40. The summed E-state index contributed by atoms with van der Waals surface area (Å²) in [7, 11) is 0. The third-order valence-electron chi connectivity index (χ3n) is 13.2. The largest absolute Gasteiger partial charge is 0.310 e. The summed E-state index contributed by atoms with van der Waals surface area (Å²) in [5.41, 5.74) is 14.1. The Morgan fingerprint density at radius 2 is 0.846 bits per heavy atom. The van der Waals surface area contributed by atoms with Crippen molar-refractivity contribution in [2.24, 2.45) is 0 Å². The lowest BCUT2D eigenvalue weighted by Gasteiger charge is -2.26. The van der Waals surface area contributed by atoms with Crippen molar-refractivity contribution in [3.63, 3.8) is 0 Å². The molecule has 2 nitrogen and oxygen atoms in total. The van der Waals surface area contributed by atoms with Gasteiger partial charge in [0.05, 0.1) is 16.7 Å². The lowest BCUT2D eigenvalue weighted by molar-refractivity contribution is 1.18. The number of aromatic nitrogens is 1. The van der Waals surface area contributed by atoms with Gasteiger partial charge in [0.2, 0.25) is 0 Å². The predicted octanol–water partition coefficient (Wildman–Crippen LogP) is 17.9. The number of fused-ring (bicyclic) bond motifs is 9. The fourth-order valence-electron chi connectivity index (χ4n) is 10.1. The van der Waals surface area contributed by atoms with Gasteiger partial charge < -0.3 is 9.47 Å². The van der Waals surface area contributed by atoms with Crippen molar-refractivity contribution in [2.45, 2.75) is 0 Å². The number of hydrogen-bond acceptors (Lipinski definition) is 2. The molecular formula is C62H40N2S. The zero-order valence-electron chi connectivity index (χ0n) is 35.4. The summed E-state index contributed by atoms with van der Waals surface area (Å²) in [5.74, 6) is 0. The fraction of sp³-hybridized carbons (Fsp3) is 0. The van der Waals surface area contributed by atoms with Crippen LogP contribution in [0, 0.1) is 0 Å². The molecule has 11 aromatic carbocycles. The number of thiophene rings is 1. The monoisotopic (exact) mass is 844 g/mol. The van der Waals surface area contributed by atoms with Crippen molar-refractivity contribution in [1.29, 1.82) is 0 Å². The van der Waals surface area contributed by atoms with Crippen LogP contribution < -0.4 is 4.90 Å². The van der Waals surface area contributed by atoms with Gasteiger partial charge in [-0.3, -0.25) is 0 Å². The van der Waals surface area contributed by atoms with Gasteiger partial charge in [-0.2, -0.15) is 0 Å². The van der Waals surface area contributed by atoms with E-state index in [9.17, 15) is 0 Å². The summed E-state index contributed by atoms with van der Waals surface area (Å²) >= 11 is 1.86. The normalized spacial score (nSPS) is 11.7. The third-order valence-corrected chi connectivity index (χ3v) is 14.3. The maximum Gasteiger partial charge on any atom is 0.0541 e. The highest BCUT2D eigenvalue weighted by Gasteiger charge is 2.18. The second kappa shape index (κ2) is 15.2. The van der Waals surface area contributed by atoms with E-state index in [1.54, 1.807) is 0 Å². The highest BCUT2D eigenvalue weighted by atomic mass is 32.1. The summed E-state index contributed by atoms with van der Waals surface area (Å²) in [5, 5.41) is 10.2. The van der Waals surface area contributed by atoms with Crippen LogP contribution in [0.25, 0.3) is 103 Å². The minimum absolute atomic E-state index is 1.10. The maximum absolute atomic E-state index is 2.42. The van der Waals surface area contributed by atoms with E-state index in [-0.39, 0.29) is 0 Å². The Morgan fingerprint density at radius 1 is 0.292 bits per heavy atom. The van der Waals surface area contributed by atoms with Crippen molar-refractivity contribution in [3.05, 3.63) is 243 Å². The van der Waals surface area contributed by atoms with Gasteiger partial charge in [-0.1, -0.05) is 170 Å². The smallest absolute Gasteiger partial charge is 0.0541 e. The number of rotatable bonds is 7. The standard InChI is InChI=1S/C62H40N2S/c1-2-17-49-45(14-1)39-57(52-20-4-3-19-51(49)52)42-30-34-47(35-31-42)63(48-36-37-56-55-23-8-12-27-61(55)65-62(56)40-48)46-32-28-41(29-33-46)43-15-13-16-44(38-43)50-18-5-9-24-58(50)64-59-25-10-6-21-53(59)54-22-7-11-26-60(54)64/h1-40H. The average molecular weight is 845 g/mol. The molecule has 0 amide bonds. The molecule has 304 valence electrons. The van der Waals surface area contributed by atoms with Gasteiger partial charge in [0, 0.05) is 53.6 Å². The quantitative estimate of drug-likeness (QED) is 0.145. The number of anilines is 3. The highest BCUT2D eigenvalue weighted by Crippen LogP contribution is 2.43. The molecule has 0 fully saturated rings. The van der Waals surface area contributed by atoms with E-state index in [0.29, 0.717) is 0 Å².